The van der Waals surface area contributed by atoms with Crippen molar-refractivity contribution in [2.75, 3.05) is 19.6 Å². The molecule has 1 atom stereocenters. The van der Waals surface area contributed by atoms with Crippen LogP contribution >= 0.6 is 0 Å². The van der Waals surface area contributed by atoms with Crippen LogP contribution in [0.1, 0.15) is 51.4 Å². The molecule has 0 aliphatic carbocycles. The number of hydrogen-bond donors (Lipinski definition) is 1. The van der Waals surface area contributed by atoms with Crippen LogP contribution in [0.15, 0.2) is 4.52 Å². The van der Waals surface area contributed by atoms with E-state index in [9.17, 15) is 0 Å². The van der Waals surface area contributed by atoms with Crippen LogP contribution in [0, 0.1) is 0 Å². The van der Waals surface area contributed by atoms with Gasteiger partial charge in [0.1, 0.15) is 0 Å². The number of nitrogens with zero attached hydrogens (tertiary/aromatic N) is 3. The molecule has 1 heterocycles. The highest BCUT2D eigenvalue weighted by atomic mass is 16.5. The average Bonchev–Trinajstić information content (AvgIpc) is 2.79. The van der Waals surface area contributed by atoms with Crippen molar-refractivity contribution in [3.63, 3.8) is 0 Å². The van der Waals surface area contributed by atoms with Crippen molar-refractivity contribution in [3.05, 3.63) is 11.7 Å². The average molecular weight is 240 g/mol. The lowest BCUT2D eigenvalue weighted by Crippen LogP contribution is -2.25. The third-order valence-corrected chi connectivity index (χ3v) is 2.95. The molecule has 0 aromatic carbocycles. The van der Waals surface area contributed by atoms with Crippen molar-refractivity contribution in [2.24, 2.45) is 5.73 Å². The van der Waals surface area contributed by atoms with Gasteiger partial charge in [-0.2, -0.15) is 4.98 Å². The molecule has 0 amide bonds. The monoisotopic (exact) mass is 240 g/mol. The van der Waals surface area contributed by atoms with Gasteiger partial charge in [0.05, 0.1) is 6.04 Å². The summed E-state index contributed by atoms with van der Waals surface area (Å²) in [5.41, 5.74) is 5.92. The highest BCUT2D eigenvalue weighted by Crippen LogP contribution is 2.13. The highest BCUT2D eigenvalue weighted by Gasteiger charge is 2.14. The van der Waals surface area contributed by atoms with E-state index in [0.717, 1.165) is 44.7 Å². The summed E-state index contributed by atoms with van der Waals surface area (Å²) in [6, 6.07) is -0.116. The van der Waals surface area contributed by atoms with Gasteiger partial charge in [-0.15, -0.1) is 0 Å². The first-order chi connectivity index (χ1) is 8.21. The van der Waals surface area contributed by atoms with Crippen LogP contribution < -0.4 is 5.73 Å². The van der Waals surface area contributed by atoms with Gasteiger partial charge in [-0.25, -0.2) is 0 Å². The Hall–Kier alpha value is -0.940. The molecule has 0 unspecified atom stereocenters. The Kier molecular flexibility index (Phi) is 6.15. The van der Waals surface area contributed by atoms with Crippen molar-refractivity contribution in [3.8, 4) is 0 Å². The SMILES string of the molecule is CCC[C@@H](N)c1nc(CCN(CC)CC)no1. The van der Waals surface area contributed by atoms with E-state index in [2.05, 4.69) is 35.8 Å². The number of rotatable bonds is 8. The minimum atomic E-state index is -0.116. The van der Waals surface area contributed by atoms with E-state index in [1.165, 1.54) is 0 Å². The van der Waals surface area contributed by atoms with Gasteiger partial charge in [-0.3, -0.25) is 0 Å². The molecule has 1 rings (SSSR count). The van der Waals surface area contributed by atoms with Crippen molar-refractivity contribution in [2.45, 2.75) is 46.1 Å². The minimum absolute atomic E-state index is 0.116. The fraction of sp³-hybridized carbons (Fsp3) is 0.833. The fourth-order valence-electron chi connectivity index (χ4n) is 1.75. The minimum Gasteiger partial charge on any atom is -0.338 e. The summed E-state index contributed by atoms with van der Waals surface area (Å²) >= 11 is 0. The van der Waals surface area contributed by atoms with Gasteiger partial charge in [-0.1, -0.05) is 32.3 Å². The molecule has 0 spiro atoms. The predicted molar refractivity (Wildman–Crippen MR) is 67.6 cm³/mol. The number of nitrogens with two attached hydrogens (primary N) is 1. The molecule has 0 saturated carbocycles. The summed E-state index contributed by atoms with van der Waals surface area (Å²) in [6.07, 6.45) is 2.74. The quantitative estimate of drug-likeness (QED) is 0.749. The van der Waals surface area contributed by atoms with Gasteiger partial charge in [0.2, 0.25) is 5.89 Å². The van der Waals surface area contributed by atoms with E-state index in [1.807, 2.05) is 0 Å². The third kappa shape index (κ3) is 4.44. The second-order valence-electron chi connectivity index (χ2n) is 4.22. The summed E-state index contributed by atoms with van der Waals surface area (Å²) in [5, 5.41) is 3.97. The van der Waals surface area contributed by atoms with E-state index < -0.39 is 0 Å². The summed E-state index contributed by atoms with van der Waals surface area (Å²) in [7, 11) is 0. The molecule has 1 aromatic rings. The molecule has 0 aliphatic rings. The number of hydrogen-bond acceptors (Lipinski definition) is 5. The van der Waals surface area contributed by atoms with E-state index >= 15 is 0 Å². The maximum absolute atomic E-state index is 5.92. The lowest BCUT2D eigenvalue weighted by atomic mass is 10.2. The van der Waals surface area contributed by atoms with Crippen molar-refractivity contribution >= 4 is 0 Å². The first-order valence-corrected chi connectivity index (χ1v) is 6.51. The summed E-state index contributed by atoms with van der Waals surface area (Å²) in [6.45, 7) is 9.48. The fourth-order valence-corrected chi connectivity index (χ4v) is 1.75. The van der Waals surface area contributed by atoms with Crippen LogP contribution in [-0.2, 0) is 6.42 Å². The molecule has 0 saturated heterocycles. The van der Waals surface area contributed by atoms with Crippen LogP contribution in [0.25, 0.3) is 0 Å². The zero-order valence-electron chi connectivity index (χ0n) is 11.1. The van der Waals surface area contributed by atoms with Gasteiger partial charge in [-0.05, 0) is 19.5 Å². The van der Waals surface area contributed by atoms with Gasteiger partial charge < -0.3 is 15.2 Å². The topological polar surface area (TPSA) is 68.2 Å². The predicted octanol–water partition coefficient (Wildman–Crippen LogP) is 1.75. The standard InChI is InChI=1S/C12H24N4O/c1-4-7-10(13)12-14-11(15-17-12)8-9-16(5-2)6-3/h10H,4-9,13H2,1-3H3/t10-/m1/s1. The van der Waals surface area contributed by atoms with Gasteiger partial charge >= 0.3 is 0 Å². The van der Waals surface area contributed by atoms with Gasteiger partial charge in [0.25, 0.3) is 0 Å². The molecule has 5 nitrogen and oxygen atoms in total. The first-order valence-electron chi connectivity index (χ1n) is 6.51. The highest BCUT2D eigenvalue weighted by molar-refractivity contribution is 4.92. The molecular weight excluding hydrogens is 216 g/mol. The van der Waals surface area contributed by atoms with E-state index in [1.54, 1.807) is 0 Å². The van der Waals surface area contributed by atoms with Crippen LogP contribution in [0.5, 0.6) is 0 Å². The van der Waals surface area contributed by atoms with Crippen LogP contribution in [0.2, 0.25) is 0 Å². The molecular formula is C12H24N4O. The Morgan fingerprint density at radius 2 is 2.00 bits per heavy atom. The lowest BCUT2D eigenvalue weighted by Gasteiger charge is -2.16. The van der Waals surface area contributed by atoms with Crippen molar-refractivity contribution < 1.29 is 4.52 Å². The van der Waals surface area contributed by atoms with Crippen LogP contribution in [0.4, 0.5) is 0 Å². The molecule has 98 valence electrons. The molecule has 2 N–H and O–H groups in total. The maximum atomic E-state index is 5.92. The molecule has 17 heavy (non-hydrogen) atoms. The Bertz CT molecular complexity index is 309. The van der Waals surface area contributed by atoms with E-state index in [4.69, 9.17) is 10.3 Å². The Labute approximate surface area is 103 Å². The second-order valence-corrected chi connectivity index (χ2v) is 4.22. The number of likely N-dealkylation sites (N-methyl/N-ethyl adjacent to an activating group) is 1. The van der Waals surface area contributed by atoms with Gasteiger partial charge in [0, 0.05) is 13.0 Å². The Morgan fingerprint density at radius 3 is 2.59 bits per heavy atom. The second kappa shape index (κ2) is 7.40. The Balaban J connectivity index is 2.45. The molecule has 1 aromatic heterocycles. The third-order valence-electron chi connectivity index (χ3n) is 2.95. The van der Waals surface area contributed by atoms with E-state index in [0.29, 0.717) is 5.89 Å². The van der Waals surface area contributed by atoms with Crippen molar-refractivity contribution in [1.29, 1.82) is 0 Å². The molecule has 0 aliphatic heterocycles. The first kappa shape index (κ1) is 14.1. The molecule has 0 radical (unpaired) electrons. The zero-order chi connectivity index (χ0) is 12.7. The zero-order valence-corrected chi connectivity index (χ0v) is 11.1. The maximum Gasteiger partial charge on any atom is 0.243 e. The van der Waals surface area contributed by atoms with Crippen molar-refractivity contribution in [1.82, 2.24) is 15.0 Å². The lowest BCUT2D eigenvalue weighted by molar-refractivity contribution is 0.301. The summed E-state index contributed by atoms with van der Waals surface area (Å²) in [4.78, 5) is 6.68. The van der Waals surface area contributed by atoms with E-state index in [-0.39, 0.29) is 6.04 Å². The molecule has 0 bridgehead atoms. The summed E-state index contributed by atoms with van der Waals surface area (Å²) in [5.74, 6) is 1.33. The summed E-state index contributed by atoms with van der Waals surface area (Å²) < 4.78 is 5.17. The molecule has 0 fully saturated rings. The normalized spacial score (nSPS) is 13.2. The largest absolute Gasteiger partial charge is 0.338 e. The van der Waals surface area contributed by atoms with Crippen LogP contribution in [0.3, 0.4) is 0 Å². The number of aromatic nitrogens is 2. The van der Waals surface area contributed by atoms with Gasteiger partial charge in [0.15, 0.2) is 5.82 Å². The van der Waals surface area contributed by atoms with Crippen LogP contribution in [-0.4, -0.2) is 34.7 Å². The molecule has 5 heteroatoms. The smallest absolute Gasteiger partial charge is 0.243 e. The Morgan fingerprint density at radius 1 is 1.29 bits per heavy atom.